The lowest BCUT2D eigenvalue weighted by Crippen LogP contribution is -2.24. The van der Waals surface area contributed by atoms with Crippen LogP contribution in [0.3, 0.4) is 0 Å². The van der Waals surface area contributed by atoms with Gasteiger partial charge in [0.25, 0.3) is 0 Å². The van der Waals surface area contributed by atoms with Crippen LogP contribution in [-0.2, 0) is 6.42 Å². The highest BCUT2D eigenvalue weighted by atomic mass is 35.5. The molecule has 6 heteroatoms. The van der Waals surface area contributed by atoms with Gasteiger partial charge < -0.3 is 5.32 Å². The Kier molecular flexibility index (Phi) is 5.19. The molecule has 0 radical (unpaired) electrons. The summed E-state index contributed by atoms with van der Waals surface area (Å²) in [7, 11) is 0. The Morgan fingerprint density at radius 1 is 1.32 bits per heavy atom. The van der Waals surface area contributed by atoms with Gasteiger partial charge in [-0.3, -0.25) is 0 Å². The van der Waals surface area contributed by atoms with Crippen LogP contribution in [0.1, 0.15) is 30.6 Å². The van der Waals surface area contributed by atoms with E-state index in [1.807, 2.05) is 18.2 Å². The number of aromatic amines is 1. The van der Waals surface area contributed by atoms with E-state index in [2.05, 4.69) is 27.7 Å². The van der Waals surface area contributed by atoms with Gasteiger partial charge in [-0.15, -0.1) is 0 Å². The molecule has 2 N–H and O–H groups in total. The zero-order valence-corrected chi connectivity index (χ0v) is 12.2. The molecular formula is C13H16Cl2N4. The molecule has 1 aromatic heterocycles. The lowest BCUT2D eigenvalue weighted by molar-refractivity contribution is 0.517. The molecule has 0 aliphatic carbocycles. The van der Waals surface area contributed by atoms with Crippen LogP contribution < -0.4 is 5.32 Å². The second-order valence-corrected chi connectivity index (χ2v) is 5.17. The number of hydrogen-bond acceptors (Lipinski definition) is 3. The van der Waals surface area contributed by atoms with Crippen LogP contribution in [0.4, 0.5) is 0 Å². The molecule has 0 bridgehead atoms. The molecule has 2 aromatic rings. The van der Waals surface area contributed by atoms with Crippen molar-refractivity contribution in [3.05, 3.63) is 45.7 Å². The third kappa shape index (κ3) is 3.93. The van der Waals surface area contributed by atoms with Gasteiger partial charge in [-0.2, -0.15) is 15.4 Å². The Hall–Kier alpha value is -1.10. The third-order valence-corrected chi connectivity index (χ3v) is 3.59. The lowest BCUT2D eigenvalue weighted by Gasteiger charge is -2.16. The van der Waals surface area contributed by atoms with Crippen LogP contribution >= 0.6 is 23.2 Å². The monoisotopic (exact) mass is 298 g/mol. The van der Waals surface area contributed by atoms with Crippen molar-refractivity contribution >= 4 is 23.2 Å². The van der Waals surface area contributed by atoms with Gasteiger partial charge in [0.2, 0.25) is 0 Å². The number of nitrogens with one attached hydrogen (secondary N) is 2. The first-order valence-electron chi connectivity index (χ1n) is 6.23. The summed E-state index contributed by atoms with van der Waals surface area (Å²) in [6.45, 7) is 3.06. The SMILES string of the molecule is CCCNC(Cc1ccc(Cl)c(Cl)c1)c1cn[nH]n1. The van der Waals surface area contributed by atoms with E-state index in [1.54, 1.807) is 6.20 Å². The van der Waals surface area contributed by atoms with E-state index in [9.17, 15) is 0 Å². The smallest absolute Gasteiger partial charge is 0.0997 e. The second kappa shape index (κ2) is 6.89. The van der Waals surface area contributed by atoms with E-state index in [0.29, 0.717) is 10.0 Å². The lowest BCUT2D eigenvalue weighted by atomic mass is 10.0. The molecule has 1 unspecified atom stereocenters. The zero-order chi connectivity index (χ0) is 13.7. The van der Waals surface area contributed by atoms with Gasteiger partial charge in [0, 0.05) is 0 Å². The molecule has 2 rings (SSSR count). The fraction of sp³-hybridized carbons (Fsp3) is 0.385. The number of benzene rings is 1. The minimum atomic E-state index is 0.121. The van der Waals surface area contributed by atoms with Crippen molar-refractivity contribution in [2.75, 3.05) is 6.54 Å². The van der Waals surface area contributed by atoms with Crippen LogP contribution in [0.5, 0.6) is 0 Å². The fourth-order valence-corrected chi connectivity index (χ4v) is 2.20. The first kappa shape index (κ1) is 14.3. The fourth-order valence-electron chi connectivity index (χ4n) is 1.88. The van der Waals surface area contributed by atoms with E-state index in [4.69, 9.17) is 23.2 Å². The Bertz CT molecular complexity index is 513. The zero-order valence-electron chi connectivity index (χ0n) is 10.7. The maximum Gasteiger partial charge on any atom is 0.0997 e. The maximum absolute atomic E-state index is 6.04. The predicted octanol–water partition coefficient (Wildman–Crippen LogP) is 3.39. The van der Waals surface area contributed by atoms with E-state index in [-0.39, 0.29) is 6.04 Å². The van der Waals surface area contributed by atoms with Crippen LogP contribution in [0.25, 0.3) is 0 Å². The van der Waals surface area contributed by atoms with Crippen molar-refractivity contribution in [1.82, 2.24) is 20.7 Å². The Morgan fingerprint density at radius 3 is 2.79 bits per heavy atom. The normalized spacial score (nSPS) is 12.6. The minimum absolute atomic E-state index is 0.121. The summed E-state index contributed by atoms with van der Waals surface area (Å²) in [5.41, 5.74) is 2.02. The number of nitrogens with zero attached hydrogens (tertiary/aromatic N) is 2. The van der Waals surface area contributed by atoms with Gasteiger partial charge in [-0.05, 0) is 37.1 Å². The molecule has 4 nitrogen and oxygen atoms in total. The quantitative estimate of drug-likeness (QED) is 0.859. The molecular weight excluding hydrogens is 283 g/mol. The van der Waals surface area contributed by atoms with E-state index in [1.165, 1.54) is 0 Å². The molecule has 0 saturated carbocycles. The molecule has 0 amide bonds. The topological polar surface area (TPSA) is 53.6 Å². The van der Waals surface area contributed by atoms with Crippen molar-refractivity contribution in [2.45, 2.75) is 25.8 Å². The Balaban J connectivity index is 2.13. The van der Waals surface area contributed by atoms with Crippen LogP contribution in [0.2, 0.25) is 10.0 Å². The number of hydrogen-bond donors (Lipinski definition) is 2. The molecule has 0 aliphatic heterocycles. The summed E-state index contributed by atoms with van der Waals surface area (Å²) in [6.07, 6.45) is 3.60. The number of halogens is 2. The molecule has 102 valence electrons. The molecule has 0 spiro atoms. The average molecular weight is 299 g/mol. The number of aromatic nitrogens is 3. The first-order chi connectivity index (χ1) is 9.20. The highest BCUT2D eigenvalue weighted by Crippen LogP contribution is 2.25. The first-order valence-corrected chi connectivity index (χ1v) is 6.99. The Labute approximate surface area is 122 Å². The summed E-state index contributed by atoms with van der Waals surface area (Å²) >= 11 is 12.0. The summed E-state index contributed by atoms with van der Waals surface area (Å²) in [5.74, 6) is 0. The Morgan fingerprint density at radius 2 is 2.16 bits per heavy atom. The minimum Gasteiger partial charge on any atom is -0.308 e. The largest absolute Gasteiger partial charge is 0.308 e. The van der Waals surface area contributed by atoms with E-state index < -0.39 is 0 Å². The summed E-state index contributed by atoms with van der Waals surface area (Å²) < 4.78 is 0. The van der Waals surface area contributed by atoms with Crippen molar-refractivity contribution in [1.29, 1.82) is 0 Å². The van der Waals surface area contributed by atoms with Gasteiger partial charge in [0.15, 0.2) is 0 Å². The highest BCUT2D eigenvalue weighted by molar-refractivity contribution is 6.42. The average Bonchev–Trinajstić information content (AvgIpc) is 2.92. The predicted molar refractivity (Wildman–Crippen MR) is 77.6 cm³/mol. The number of rotatable bonds is 6. The summed E-state index contributed by atoms with van der Waals surface area (Å²) in [4.78, 5) is 0. The van der Waals surface area contributed by atoms with Crippen LogP contribution in [0.15, 0.2) is 24.4 Å². The van der Waals surface area contributed by atoms with Crippen molar-refractivity contribution in [3.63, 3.8) is 0 Å². The summed E-state index contributed by atoms with van der Waals surface area (Å²) in [5, 5.41) is 15.3. The second-order valence-electron chi connectivity index (χ2n) is 4.35. The number of H-pyrrole nitrogens is 1. The van der Waals surface area contributed by atoms with Gasteiger partial charge in [0.1, 0.15) is 0 Å². The standard InChI is InChI=1S/C13H16Cl2N4/c1-2-5-16-12(13-8-17-19-18-13)7-9-3-4-10(14)11(15)6-9/h3-4,6,8,12,16H,2,5,7H2,1H3,(H,17,18,19). The molecule has 0 saturated heterocycles. The van der Waals surface area contributed by atoms with Crippen molar-refractivity contribution < 1.29 is 0 Å². The van der Waals surface area contributed by atoms with Crippen LogP contribution in [0, 0.1) is 0 Å². The summed E-state index contributed by atoms with van der Waals surface area (Å²) in [6, 6.07) is 5.81. The van der Waals surface area contributed by atoms with Gasteiger partial charge in [-0.1, -0.05) is 36.2 Å². The van der Waals surface area contributed by atoms with Gasteiger partial charge in [0.05, 0.1) is 28.0 Å². The van der Waals surface area contributed by atoms with Crippen molar-refractivity contribution in [2.24, 2.45) is 0 Å². The van der Waals surface area contributed by atoms with Crippen LogP contribution in [-0.4, -0.2) is 22.0 Å². The molecule has 1 aromatic carbocycles. The van der Waals surface area contributed by atoms with E-state index >= 15 is 0 Å². The molecule has 1 atom stereocenters. The molecule has 0 fully saturated rings. The van der Waals surface area contributed by atoms with Gasteiger partial charge >= 0.3 is 0 Å². The molecule has 1 heterocycles. The molecule has 0 aliphatic rings. The van der Waals surface area contributed by atoms with E-state index in [0.717, 1.165) is 30.6 Å². The van der Waals surface area contributed by atoms with Gasteiger partial charge in [-0.25, -0.2) is 0 Å². The molecule has 19 heavy (non-hydrogen) atoms. The van der Waals surface area contributed by atoms with Crippen molar-refractivity contribution in [3.8, 4) is 0 Å². The maximum atomic E-state index is 6.04. The highest BCUT2D eigenvalue weighted by Gasteiger charge is 2.14. The third-order valence-electron chi connectivity index (χ3n) is 2.86.